The molecule has 3 atom stereocenters. The van der Waals surface area contributed by atoms with Gasteiger partial charge in [0, 0.05) is 24.7 Å². The molecule has 1 aromatic carbocycles. The molecule has 0 spiro atoms. The normalized spacial score (nSPS) is 29.1. The second-order valence-corrected chi connectivity index (χ2v) is 5.72. The summed E-state index contributed by atoms with van der Waals surface area (Å²) >= 11 is 0. The van der Waals surface area contributed by atoms with Gasteiger partial charge in [0.1, 0.15) is 17.7 Å². The molecular weight excluding hydrogens is 274 g/mol. The van der Waals surface area contributed by atoms with Crippen molar-refractivity contribution < 1.29 is 8.78 Å². The predicted octanol–water partition coefficient (Wildman–Crippen LogP) is 1.04. The molecule has 6 heteroatoms. The zero-order valence-electron chi connectivity index (χ0n) is 11.6. The van der Waals surface area contributed by atoms with Crippen LogP contribution in [0.5, 0.6) is 0 Å². The molecule has 3 N–H and O–H groups in total. The zero-order chi connectivity index (χ0) is 14.8. The van der Waals surface area contributed by atoms with Crippen LogP contribution >= 0.6 is 0 Å². The number of piperazine rings is 1. The van der Waals surface area contributed by atoms with E-state index in [-0.39, 0.29) is 18.2 Å². The standard InChI is InChI=1S/C15H18F2N4/c16-10-2-1-9(13(17)6-10)5-14-15(21-11-3-4-11)19-8-12(7-18)20-14/h1-2,6,11-12,14-15,19-21H,3-5,8H2. The SMILES string of the molecule is N#CC1CNC(NC2CC2)C(Cc2ccc(F)cc2F)N1. The topological polar surface area (TPSA) is 59.9 Å². The van der Waals surface area contributed by atoms with E-state index in [2.05, 4.69) is 22.0 Å². The van der Waals surface area contributed by atoms with E-state index in [0.29, 0.717) is 24.6 Å². The second-order valence-electron chi connectivity index (χ2n) is 5.72. The van der Waals surface area contributed by atoms with Crippen LogP contribution in [0.15, 0.2) is 18.2 Å². The fourth-order valence-electron chi connectivity index (χ4n) is 2.66. The fraction of sp³-hybridized carbons (Fsp3) is 0.533. The number of hydrogen-bond donors (Lipinski definition) is 3. The highest BCUT2D eigenvalue weighted by molar-refractivity contribution is 5.21. The van der Waals surface area contributed by atoms with Crippen molar-refractivity contribution in [3.63, 3.8) is 0 Å². The highest BCUT2D eigenvalue weighted by Gasteiger charge is 2.34. The molecule has 112 valence electrons. The average molecular weight is 292 g/mol. The molecule has 2 aliphatic rings. The molecule has 1 saturated carbocycles. The van der Waals surface area contributed by atoms with E-state index < -0.39 is 11.6 Å². The summed E-state index contributed by atoms with van der Waals surface area (Å²) in [7, 11) is 0. The summed E-state index contributed by atoms with van der Waals surface area (Å²) in [4.78, 5) is 0. The van der Waals surface area contributed by atoms with Gasteiger partial charge in [0.15, 0.2) is 0 Å². The third kappa shape index (κ3) is 3.56. The molecule has 0 radical (unpaired) electrons. The van der Waals surface area contributed by atoms with E-state index in [1.54, 1.807) is 0 Å². The minimum Gasteiger partial charge on any atom is -0.298 e. The second kappa shape index (κ2) is 6.06. The monoisotopic (exact) mass is 292 g/mol. The molecule has 1 aromatic rings. The van der Waals surface area contributed by atoms with Crippen molar-refractivity contribution in [1.29, 1.82) is 5.26 Å². The van der Waals surface area contributed by atoms with Crippen molar-refractivity contribution in [3.8, 4) is 6.07 Å². The summed E-state index contributed by atoms with van der Waals surface area (Å²) in [6.07, 6.45) is 2.70. The van der Waals surface area contributed by atoms with Crippen LogP contribution < -0.4 is 16.0 Å². The predicted molar refractivity (Wildman–Crippen MR) is 74.3 cm³/mol. The molecule has 0 aromatic heterocycles. The Labute approximate surface area is 122 Å². The first-order valence-electron chi connectivity index (χ1n) is 7.25. The van der Waals surface area contributed by atoms with Crippen LogP contribution in [-0.2, 0) is 6.42 Å². The van der Waals surface area contributed by atoms with Crippen LogP contribution in [0.3, 0.4) is 0 Å². The number of nitrogens with one attached hydrogen (secondary N) is 3. The number of nitriles is 1. The van der Waals surface area contributed by atoms with Gasteiger partial charge in [0.25, 0.3) is 0 Å². The van der Waals surface area contributed by atoms with Crippen molar-refractivity contribution in [2.45, 2.75) is 43.6 Å². The summed E-state index contributed by atoms with van der Waals surface area (Å²) < 4.78 is 26.8. The lowest BCUT2D eigenvalue weighted by Gasteiger charge is -2.37. The van der Waals surface area contributed by atoms with Crippen molar-refractivity contribution in [1.82, 2.24) is 16.0 Å². The summed E-state index contributed by atoms with van der Waals surface area (Å²) in [5.74, 6) is -1.12. The Kier molecular flexibility index (Phi) is 4.15. The van der Waals surface area contributed by atoms with Crippen molar-refractivity contribution in [3.05, 3.63) is 35.4 Å². The summed E-state index contributed by atoms with van der Waals surface area (Å²) in [5.41, 5.74) is 0.455. The lowest BCUT2D eigenvalue weighted by atomic mass is 9.99. The maximum absolute atomic E-state index is 13.8. The summed E-state index contributed by atoms with van der Waals surface area (Å²) in [5, 5.41) is 19.0. The third-order valence-electron chi connectivity index (χ3n) is 3.96. The van der Waals surface area contributed by atoms with E-state index in [0.717, 1.165) is 18.9 Å². The Balaban J connectivity index is 1.72. The number of benzene rings is 1. The van der Waals surface area contributed by atoms with Gasteiger partial charge in [-0.3, -0.25) is 16.0 Å². The molecular formula is C15H18F2N4. The molecule has 1 aliphatic carbocycles. The van der Waals surface area contributed by atoms with E-state index >= 15 is 0 Å². The zero-order valence-corrected chi connectivity index (χ0v) is 11.6. The molecule has 3 unspecified atom stereocenters. The van der Waals surface area contributed by atoms with Gasteiger partial charge in [-0.25, -0.2) is 8.78 Å². The van der Waals surface area contributed by atoms with Crippen LogP contribution in [0.4, 0.5) is 8.78 Å². The molecule has 0 amide bonds. The fourth-order valence-corrected chi connectivity index (χ4v) is 2.66. The van der Waals surface area contributed by atoms with E-state index in [4.69, 9.17) is 5.26 Å². The summed E-state index contributed by atoms with van der Waals surface area (Å²) in [6.45, 7) is 0.559. The molecule has 0 bridgehead atoms. The minimum absolute atomic E-state index is 0.00782. The minimum atomic E-state index is -0.575. The van der Waals surface area contributed by atoms with Gasteiger partial charge < -0.3 is 0 Å². The first kappa shape index (κ1) is 14.4. The Morgan fingerprint density at radius 2 is 2.14 bits per heavy atom. The number of halogens is 2. The van der Waals surface area contributed by atoms with Gasteiger partial charge in [-0.05, 0) is 30.9 Å². The molecule has 4 nitrogen and oxygen atoms in total. The van der Waals surface area contributed by atoms with Crippen molar-refractivity contribution >= 4 is 0 Å². The number of nitrogens with zero attached hydrogens (tertiary/aromatic N) is 1. The van der Waals surface area contributed by atoms with Crippen LogP contribution in [0.1, 0.15) is 18.4 Å². The molecule has 1 saturated heterocycles. The lowest BCUT2D eigenvalue weighted by molar-refractivity contribution is 0.250. The maximum atomic E-state index is 13.8. The molecule has 1 heterocycles. The summed E-state index contributed by atoms with van der Waals surface area (Å²) in [6, 6.07) is 5.91. The van der Waals surface area contributed by atoms with Gasteiger partial charge >= 0.3 is 0 Å². The van der Waals surface area contributed by atoms with Gasteiger partial charge in [0.2, 0.25) is 0 Å². The van der Waals surface area contributed by atoms with E-state index in [9.17, 15) is 8.78 Å². The third-order valence-corrected chi connectivity index (χ3v) is 3.96. The Morgan fingerprint density at radius 1 is 1.33 bits per heavy atom. The van der Waals surface area contributed by atoms with Gasteiger partial charge in [-0.2, -0.15) is 5.26 Å². The number of rotatable bonds is 4. The largest absolute Gasteiger partial charge is 0.298 e. The molecule has 1 aliphatic heterocycles. The van der Waals surface area contributed by atoms with Crippen LogP contribution in [-0.4, -0.2) is 30.8 Å². The van der Waals surface area contributed by atoms with Crippen LogP contribution in [0, 0.1) is 23.0 Å². The molecule has 2 fully saturated rings. The maximum Gasteiger partial charge on any atom is 0.129 e. The van der Waals surface area contributed by atoms with Crippen molar-refractivity contribution in [2.75, 3.05) is 6.54 Å². The van der Waals surface area contributed by atoms with E-state index in [1.807, 2.05) is 0 Å². The molecule has 3 rings (SSSR count). The quantitative estimate of drug-likeness (QED) is 0.776. The Bertz CT molecular complexity index is 553. The average Bonchev–Trinajstić information content (AvgIpc) is 3.27. The highest BCUT2D eigenvalue weighted by Crippen LogP contribution is 2.21. The number of hydrogen-bond acceptors (Lipinski definition) is 4. The van der Waals surface area contributed by atoms with Crippen LogP contribution in [0.25, 0.3) is 0 Å². The highest BCUT2D eigenvalue weighted by atomic mass is 19.1. The van der Waals surface area contributed by atoms with Crippen LogP contribution in [0.2, 0.25) is 0 Å². The first-order valence-corrected chi connectivity index (χ1v) is 7.25. The van der Waals surface area contributed by atoms with E-state index in [1.165, 1.54) is 12.1 Å². The van der Waals surface area contributed by atoms with Crippen molar-refractivity contribution in [2.24, 2.45) is 0 Å². The Morgan fingerprint density at radius 3 is 2.81 bits per heavy atom. The molecule has 21 heavy (non-hydrogen) atoms. The van der Waals surface area contributed by atoms with Gasteiger partial charge in [0.05, 0.1) is 12.2 Å². The van der Waals surface area contributed by atoms with Gasteiger partial charge in [-0.15, -0.1) is 0 Å². The Hall–Kier alpha value is -1.55. The lowest BCUT2D eigenvalue weighted by Crippen LogP contribution is -2.66. The first-order chi connectivity index (χ1) is 10.2. The smallest absolute Gasteiger partial charge is 0.129 e. The van der Waals surface area contributed by atoms with Gasteiger partial charge in [-0.1, -0.05) is 6.07 Å².